The number of aliphatic carboxylic acids is 1. The summed E-state index contributed by atoms with van der Waals surface area (Å²) in [7, 11) is 0. The predicted octanol–water partition coefficient (Wildman–Crippen LogP) is 4.89. The molecule has 0 spiro atoms. The summed E-state index contributed by atoms with van der Waals surface area (Å²) in [5.74, 6) is -1.34. The lowest BCUT2D eigenvalue weighted by molar-refractivity contribution is -0.132. The van der Waals surface area contributed by atoms with Crippen LogP contribution in [0.1, 0.15) is 36.1 Å². The third-order valence-electron chi connectivity index (χ3n) is 4.26. The van der Waals surface area contributed by atoms with Crippen LogP contribution in [0.4, 0.5) is 4.39 Å². The SMILES string of the molecule is C=C1NC=CC=C1/C(=C(/C)C(=O)O)c1c(C)cc(F)c(/C=C\C)c1C. The Kier molecular flexibility index (Phi) is 5.42. The molecule has 4 heteroatoms. The maximum Gasteiger partial charge on any atom is 0.331 e. The highest BCUT2D eigenvalue weighted by Crippen LogP contribution is 2.37. The van der Waals surface area contributed by atoms with Crippen molar-refractivity contribution in [1.82, 2.24) is 5.32 Å². The molecule has 1 aliphatic rings. The van der Waals surface area contributed by atoms with Crippen molar-refractivity contribution in [3.05, 3.63) is 82.0 Å². The topological polar surface area (TPSA) is 49.3 Å². The second-order valence-corrected chi connectivity index (χ2v) is 5.96. The molecular formula is C21H22FNO2. The van der Waals surface area contributed by atoms with E-state index in [1.165, 1.54) is 6.07 Å². The molecule has 0 bridgehead atoms. The second kappa shape index (κ2) is 7.34. The number of halogens is 1. The molecule has 0 unspecified atom stereocenters. The first-order valence-electron chi connectivity index (χ1n) is 7.99. The average Bonchev–Trinajstić information content (AvgIpc) is 2.55. The Labute approximate surface area is 147 Å². The summed E-state index contributed by atoms with van der Waals surface area (Å²) in [5.41, 5.74) is 4.60. The maximum atomic E-state index is 14.4. The van der Waals surface area contributed by atoms with Gasteiger partial charge in [-0.1, -0.05) is 24.8 Å². The molecule has 3 nitrogen and oxygen atoms in total. The van der Waals surface area contributed by atoms with Crippen molar-refractivity contribution in [2.75, 3.05) is 0 Å². The van der Waals surface area contributed by atoms with Crippen LogP contribution < -0.4 is 5.32 Å². The molecule has 0 saturated heterocycles. The lowest BCUT2D eigenvalue weighted by Gasteiger charge is -2.23. The first-order chi connectivity index (χ1) is 11.8. The van der Waals surface area contributed by atoms with Crippen LogP contribution in [0.5, 0.6) is 0 Å². The summed E-state index contributed by atoms with van der Waals surface area (Å²) in [5, 5.41) is 12.6. The molecule has 25 heavy (non-hydrogen) atoms. The Hall–Kier alpha value is -2.88. The van der Waals surface area contributed by atoms with Crippen molar-refractivity contribution in [1.29, 1.82) is 0 Å². The van der Waals surface area contributed by atoms with E-state index in [0.717, 1.165) is 5.56 Å². The quantitative estimate of drug-likeness (QED) is 0.768. The van der Waals surface area contributed by atoms with Gasteiger partial charge in [0.1, 0.15) is 5.82 Å². The van der Waals surface area contributed by atoms with Crippen LogP contribution in [-0.2, 0) is 4.79 Å². The van der Waals surface area contributed by atoms with Crippen molar-refractivity contribution in [2.24, 2.45) is 0 Å². The number of carbonyl (C=O) groups is 1. The van der Waals surface area contributed by atoms with Gasteiger partial charge in [-0.3, -0.25) is 0 Å². The van der Waals surface area contributed by atoms with Gasteiger partial charge >= 0.3 is 5.97 Å². The van der Waals surface area contributed by atoms with Gasteiger partial charge in [0.2, 0.25) is 0 Å². The molecule has 1 aromatic carbocycles. The van der Waals surface area contributed by atoms with E-state index < -0.39 is 5.97 Å². The smallest absolute Gasteiger partial charge is 0.331 e. The highest BCUT2D eigenvalue weighted by atomic mass is 19.1. The van der Waals surface area contributed by atoms with Crippen molar-refractivity contribution < 1.29 is 14.3 Å². The van der Waals surface area contributed by atoms with Crippen molar-refractivity contribution in [3.63, 3.8) is 0 Å². The molecule has 0 aromatic heterocycles. The van der Waals surface area contributed by atoms with Gasteiger partial charge in [0.05, 0.1) is 0 Å². The first kappa shape index (κ1) is 18.5. The van der Waals surface area contributed by atoms with Gasteiger partial charge in [0.25, 0.3) is 0 Å². The van der Waals surface area contributed by atoms with E-state index in [9.17, 15) is 14.3 Å². The number of allylic oxidation sites excluding steroid dienone is 4. The summed E-state index contributed by atoms with van der Waals surface area (Å²) >= 11 is 0. The number of dihydropyridines is 1. The van der Waals surface area contributed by atoms with Gasteiger partial charge in [0, 0.05) is 34.2 Å². The maximum absolute atomic E-state index is 14.4. The van der Waals surface area contributed by atoms with Crippen LogP contribution in [0.25, 0.3) is 11.6 Å². The van der Waals surface area contributed by atoms with Crippen LogP contribution in [0.2, 0.25) is 0 Å². The van der Waals surface area contributed by atoms with Crippen molar-refractivity contribution in [2.45, 2.75) is 27.7 Å². The third-order valence-corrected chi connectivity index (χ3v) is 4.26. The molecule has 0 aliphatic carbocycles. The lowest BCUT2D eigenvalue weighted by atomic mass is 9.84. The molecule has 130 valence electrons. The average molecular weight is 339 g/mol. The molecule has 1 aromatic rings. The Balaban J connectivity index is 2.90. The van der Waals surface area contributed by atoms with Gasteiger partial charge in [-0.2, -0.15) is 0 Å². The summed E-state index contributed by atoms with van der Waals surface area (Å²) in [6.07, 6.45) is 8.80. The number of rotatable bonds is 4. The zero-order chi connectivity index (χ0) is 18.7. The monoisotopic (exact) mass is 339 g/mol. The molecule has 2 rings (SSSR count). The normalized spacial score (nSPS) is 15.1. The fourth-order valence-electron chi connectivity index (χ4n) is 3.04. The summed E-state index contributed by atoms with van der Waals surface area (Å²) < 4.78 is 14.4. The molecule has 2 N–H and O–H groups in total. The van der Waals surface area contributed by atoms with Gasteiger partial charge < -0.3 is 10.4 Å². The molecule has 0 atom stereocenters. The van der Waals surface area contributed by atoms with E-state index in [1.807, 2.05) is 19.9 Å². The minimum Gasteiger partial charge on any atom is -0.478 e. The number of hydrogen-bond donors (Lipinski definition) is 2. The van der Waals surface area contributed by atoms with Gasteiger partial charge in [-0.05, 0) is 56.5 Å². The van der Waals surface area contributed by atoms with Gasteiger partial charge in [0.15, 0.2) is 0 Å². The number of aryl methyl sites for hydroxylation is 1. The number of carboxylic acids is 1. The van der Waals surface area contributed by atoms with Crippen LogP contribution in [0, 0.1) is 19.7 Å². The number of nitrogens with one attached hydrogen (secondary N) is 1. The molecule has 0 fully saturated rings. The highest BCUT2D eigenvalue weighted by molar-refractivity contribution is 6.03. The number of hydrogen-bond acceptors (Lipinski definition) is 2. The minimum atomic E-state index is -1.02. The van der Waals surface area contributed by atoms with E-state index in [2.05, 4.69) is 11.9 Å². The van der Waals surface area contributed by atoms with Crippen molar-refractivity contribution >= 4 is 17.6 Å². The van der Waals surface area contributed by atoms with Crippen molar-refractivity contribution in [3.8, 4) is 0 Å². The van der Waals surface area contributed by atoms with Crippen LogP contribution in [0.3, 0.4) is 0 Å². The van der Waals surface area contributed by atoms with Crippen LogP contribution in [0.15, 0.2) is 53.9 Å². The Morgan fingerprint density at radius 3 is 2.60 bits per heavy atom. The van der Waals surface area contributed by atoms with E-state index in [4.69, 9.17) is 0 Å². The van der Waals surface area contributed by atoms with Gasteiger partial charge in [-0.25, -0.2) is 9.18 Å². The zero-order valence-corrected chi connectivity index (χ0v) is 14.9. The fourth-order valence-corrected chi connectivity index (χ4v) is 3.04. The summed E-state index contributed by atoms with van der Waals surface area (Å²) in [6, 6.07) is 1.45. The van der Waals surface area contributed by atoms with Crippen LogP contribution in [-0.4, -0.2) is 11.1 Å². The number of benzene rings is 1. The largest absolute Gasteiger partial charge is 0.478 e. The van der Waals surface area contributed by atoms with E-state index in [1.54, 1.807) is 38.3 Å². The molecule has 0 amide bonds. The Morgan fingerprint density at radius 1 is 1.36 bits per heavy atom. The molecule has 1 heterocycles. The van der Waals surface area contributed by atoms with Gasteiger partial charge in [-0.15, -0.1) is 0 Å². The first-order valence-corrected chi connectivity index (χ1v) is 7.99. The van der Waals surface area contributed by atoms with Crippen LogP contribution >= 0.6 is 0 Å². The standard InChI is InChI=1S/C21H22FNO2/c1-6-8-16-13(3)19(12(2)11-18(16)22)20(14(4)21(24)25)17-9-7-10-23-15(17)5/h6-11,23H,5H2,1-4H3,(H,24,25)/b8-6-,20-14+. The second-order valence-electron chi connectivity index (χ2n) is 5.96. The Bertz CT molecular complexity index is 870. The summed E-state index contributed by atoms with van der Waals surface area (Å²) in [6.45, 7) is 10.9. The third kappa shape index (κ3) is 3.48. The fraction of sp³-hybridized carbons (Fsp3) is 0.190. The van der Waals surface area contributed by atoms with E-state index >= 15 is 0 Å². The molecule has 0 radical (unpaired) electrons. The summed E-state index contributed by atoms with van der Waals surface area (Å²) in [4.78, 5) is 11.7. The van der Waals surface area contributed by atoms with E-state index in [0.29, 0.717) is 33.5 Å². The number of carboxylic acid groups (broad SMARTS) is 1. The Morgan fingerprint density at radius 2 is 2.04 bits per heavy atom. The molecule has 1 aliphatic heterocycles. The molecule has 0 saturated carbocycles. The van der Waals surface area contributed by atoms with E-state index in [-0.39, 0.29) is 11.4 Å². The highest BCUT2D eigenvalue weighted by Gasteiger charge is 2.23. The minimum absolute atomic E-state index is 0.189. The lowest BCUT2D eigenvalue weighted by Crippen LogP contribution is -2.14. The predicted molar refractivity (Wildman–Crippen MR) is 100 cm³/mol. The molecular weight excluding hydrogens is 317 g/mol. The zero-order valence-electron chi connectivity index (χ0n) is 14.9.